The Kier molecular flexibility index (Phi) is 4.60. The van der Waals surface area contributed by atoms with Gasteiger partial charge in [-0.05, 0) is 50.0 Å². The van der Waals surface area contributed by atoms with Gasteiger partial charge in [0, 0.05) is 0 Å². The highest BCUT2D eigenvalue weighted by Gasteiger charge is 2.27. The van der Waals surface area contributed by atoms with Crippen molar-refractivity contribution in [3.63, 3.8) is 0 Å². The van der Waals surface area contributed by atoms with E-state index in [0.717, 1.165) is 12.8 Å². The molecular weight excluding hydrogens is 208 g/mol. The number of hydrogen-bond acceptors (Lipinski definition) is 1. The topological polar surface area (TPSA) is 20.2 Å². The van der Waals surface area contributed by atoms with Gasteiger partial charge in [-0.2, -0.15) is 0 Å². The van der Waals surface area contributed by atoms with Gasteiger partial charge in [0.2, 0.25) is 0 Å². The van der Waals surface area contributed by atoms with Crippen LogP contribution in [0, 0.1) is 5.41 Å². The highest BCUT2D eigenvalue weighted by atomic mass is 16.3. The summed E-state index contributed by atoms with van der Waals surface area (Å²) in [5, 5.41) is 10.3. The predicted molar refractivity (Wildman–Crippen MR) is 75.0 cm³/mol. The van der Waals surface area contributed by atoms with Gasteiger partial charge in [-0.3, -0.25) is 0 Å². The molecular formula is C16H28O. The summed E-state index contributed by atoms with van der Waals surface area (Å²) < 4.78 is 0. The van der Waals surface area contributed by atoms with Crippen LogP contribution in [0.25, 0.3) is 0 Å². The average Bonchev–Trinajstić information content (AvgIpc) is 2.27. The number of aliphatic hydroxyl groups is 1. The molecule has 1 heteroatoms. The number of hydrogen-bond donors (Lipinski definition) is 1. The fourth-order valence-corrected chi connectivity index (χ4v) is 2.73. The highest BCUT2D eigenvalue weighted by molar-refractivity contribution is 5.33. The summed E-state index contributed by atoms with van der Waals surface area (Å²) in [5.41, 5.74) is 2.57. The third kappa shape index (κ3) is 3.45. The standard InChI is InChI=1S/C16H28O/c1-6-16(17,7-2)12-10-14-13(3)9-8-11-15(14,4)5/h10,12,17H,6-9,11H2,1-5H3/b12-10+. The van der Waals surface area contributed by atoms with E-state index in [2.05, 4.69) is 26.8 Å². The van der Waals surface area contributed by atoms with Crippen molar-refractivity contribution in [1.29, 1.82) is 0 Å². The lowest BCUT2D eigenvalue weighted by Crippen LogP contribution is -2.24. The van der Waals surface area contributed by atoms with Crippen molar-refractivity contribution in [1.82, 2.24) is 0 Å². The molecule has 1 aliphatic carbocycles. The molecule has 0 aromatic rings. The van der Waals surface area contributed by atoms with E-state index in [1.165, 1.54) is 30.4 Å². The van der Waals surface area contributed by atoms with E-state index in [9.17, 15) is 5.11 Å². The second-order valence-electron chi connectivity index (χ2n) is 6.08. The molecule has 0 aromatic carbocycles. The molecule has 98 valence electrons. The summed E-state index contributed by atoms with van der Waals surface area (Å²) in [6, 6.07) is 0. The summed E-state index contributed by atoms with van der Waals surface area (Å²) in [7, 11) is 0. The molecule has 0 radical (unpaired) electrons. The molecule has 0 amide bonds. The Bertz CT molecular complexity index is 316. The molecule has 0 atom stereocenters. The lowest BCUT2D eigenvalue weighted by atomic mass is 9.72. The van der Waals surface area contributed by atoms with E-state index in [4.69, 9.17) is 0 Å². The molecule has 1 nitrogen and oxygen atoms in total. The minimum Gasteiger partial charge on any atom is -0.386 e. The second kappa shape index (κ2) is 5.39. The maximum atomic E-state index is 10.3. The summed E-state index contributed by atoms with van der Waals surface area (Å²) >= 11 is 0. The predicted octanol–water partition coefficient (Wildman–Crippen LogP) is 4.62. The van der Waals surface area contributed by atoms with Gasteiger partial charge in [-0.25, -0.2) is 0 Å². The first-order valence-electron chi connectivity index (χ1n) is 6.96. The Morgan fingerprint density at radius 2 is 1.88 bits per heavy atom. The molecule has 1 N–H and O–H groups in total. The SMILES string of the molecule is CCC(O)(/C=C/C1=C(C)CCCC1(C)C)CC. The van der Waals surface area contributed by atoms with Gasteiger partial charge in [0.05, 0.1) is 5.60 Å². The number of allylic oxidation sites excluding steroid dienone is 3. The van der Waals surface area contributed by atoms with Crippen LogP contribution < -0.4 is 0 Å². The van der Waals surface area contributed by atoms with Crippen LogP contribution in [0.4, 0.5) is 0 Å². The van der Waals surface area contributed by atoms with E-state index >= 15 is 0 Å². The van der Waals surface area contributed by atoms with Crippen molar-refractivity contribution in [3.05, 3.63) is 23.3 Å². The molecule has 0 fully saturated rings. The molecule has 0 unspecified atom stereocenters. The first kappa shape index (κ1) is 14.5. The molecule has 17 heavy (non-hydrogen) atoms. The van der Waals surface area contributed by atoms with Crippen LogP contribution in [0.15, 0.2) is 23.3 Å². The van der Waals surface area contributed by atoms with E-state index in [1.54, 1.807) is 0 Å². The van der Waals surface area contributed by atoms with Crippen molar-refractivity contribution in [2.75, 3.05) is 0 Å². The van der Waals surface area contributed by atoms with Gasteiger partial charge < -0.3 is 5.11 Å². The normalized spacial score (nSPS) is 21.3. The average molecular weight is 236 g/mol. The highest BCUT2D eigenvalue weighted by Crippen LogP contribution is 2.41. The second-order valence-corrected chi connectivity index (χ2v) is 6.08. The van der Waals surface area contributed by atoms with Crippen molar-refractivity contribution in [2.24, 2.45) is 5.41 Å². The third-order valence-electron chi connectivity index (χ3n) is 4.33. The molecule has 0 saturated heterocycles. The van der Waals surface area contributed by atoms with Crippen molar-refractivity contribution in [2.45, 2.75) is 72.3 Å². The first-order valence-corrected chi connectivity index (χ1v) is 6.96. The van der Waals surface area contributed by atoms with Crippen LogP contribution in [0.5, 0.6) is 0 Å². The fourth-order valence-electron chi connectivity index (χ4n) is 2.73. The summed E-state index contributed by atoms with van der Waals surface area (Å²) in [5.74, 6) is 0. The Morgan fingerprint density at radius 1 is 1.29 bits per heavy atom. The van der Waals surface area contributed by atoms with E-state index in [-0.39, 0.29) is 5.41 Å². The van der Waals surface area contributed by atoms with Gasteiger partial charge in [-0.15, -0.1) is 0 Å². The summed E-state index contributed by atoms with van der Waals surface area (Å²) in [6.45, 7) is 10.9. The molecule has 0 aliphatic heterocycles. The van der Waals surface area contributed by atoms with Gasteiger partial charge in [0.25, 0.3) is 0 Å². The first-order chi connectivity index (χ1) is 7.84. The van der Waals surface area contributed by atoms with Crippen LogP contribution in [-0.4, -0.2) is 10.7 Å². The van der Waals surface area contributed by atoms with E-state index in [0.29, 0.717) is 0 Å². The zero-order valence-electron chi connectivity index (χ0n) is 12.1. The van der Waals surface area contributed by atoms with Crippen LogP contribution in [-0.2, 0) is 0 Å². The smallest absolute Gasteiger partial charge is 0.0825 e. The summed E-state index contributed by atoms with van der Waals surface area (Å²) in [4.78, 5) is 0. The van der Waals surface area contributed by atoms with Crippen LogP contribution in [0.2, 0.25) is 0 Å². The Balaban J connectivity index is 2.96. The largest absolute Gasteiger partial charge is 0.386 e. The molecule has 0 spiro atoms. The minimum atomic E-state index is -0.624. The number of rotatable bonds is 4. The molecule has 0 aromatic heterocycles. The van der Waals surface area contributed by atoms with Crippen molar-refractivity contribution >= 4 is 0 Å². The van der Waals surface area contributed by atoms with Crippen LogP contribution in [0.1, 0.15) is 66.7 Å². The molecule has 0 bridgehead atoms. The molecule has 0 heterocycles. The Hall–Kier alpha value is -0.560. The monoisotopic (exact) mass is 236 g/mol. The van der Waals surface area contributed by atoms with Crippen LogP contribution >= 0.6 is 0 Å². The molecule has 1 rings (SSSR count). The fraction of sp³-hybridized carbons (Fsp3) is 0.750. The van der Waals surface area contributed by atoms with E-state index < -0.39 is 5.60 Å². The third-order valence-corrected chi connectivity index (χ3v) is 4.33. The zero-order valence-corrected chi connectivity index (χ0v) is 12.1. The lowest BCUT2D eigenvalue weighted by Gasteiger charge is -2.33. The van der Waals surface area contributed by atoms with Crippen LogP contribution in [0.3, 0.4) is 0 Å². The minimum absolute atomic E-state index is 0.265. The quantitative estimate of drug-likeness (QED) is 0.755. The van der Waals surface area contributed by atoms with Gasteiger partial charge in [0.15, 0.2) is 0 Å². The molecule has 0 saturated carbocycles. The van der Waals surface area contributed by atoms with Crippen molar-refractivity contribution < 1.29 is 5.11 Å². The maximum absolute atomic E-state index is 10.3. The van der Waals surface area contributed by atoms with Gasteiger partial charge in [0.1, 0.15) is 0 Å². The van der Waals surface area contributed by atoms with Crippen molar-refractivity contribution in [3.8, 4) is 0 Å². The molecule has 1 aliphatic rings. The Morgan fingerprint density at radius 3 is 2.35 bits per heavy atom. The lowest BCUT2D eigenvalue weighted by molar-refractivity contribution is 0.0826. The summed E-state index contributed by atoms with van der Waals surface area (Å²) in [6.07, 6.45) is 9.52. The Labute approximate surface area is 107 Å². The maximum Gasteiger partial charge on any atom is 0.0825 e. The van der Waals surface area contributed by atoms with E-state index in [1.807, 2.05) is 19.9 Å². The zero-order chi connectivity index (χ0) is 13.1. The van der Waals surface area contributed by atoms with Gasteiger partial charge in [-0.1, -0.05) is 45.4 Å². The van der Waals surface area contributed by atoms with Gasteiger partial charge >= 0.3 is 0 Å².